The molecule has 1 aliphatic rings. The second-order valence-corrected chi connectivity index (χ2v) is 6.56. The third-order valence-corrected chi connectivity index (χ3v) is 5.17. The second kappa shape index (κ2) is 7.01. The lowest BCUT2D eigenvalue weighted by molar-refractivity contribution is -0.134. The number of carbonyl (C=O) groups excluding carboxylic acids is 1. The fraction of sp³-hybridized carbons (Fsp3) is 0.471. The van der Waals surface area contributed by atoms with Crippen LogP contribution in [0.1, 0.15) is 38.3 Å². The van der Waals surface area contributed by atoms with Gasteiger partial charge in [0.2, 0.25) is 5.91 Å². The Balaban J connectivity index is 1.68. The van der Waals surface area contributed by atoms with Gasteiger partial charge in [0.25, 0.3) is 0 Å². The van der Waals surface area contributed by atoms with Gasteiger partial charge in [0.05, 0.1) is 12.1 Å². The summed E-state index contributed by atoms with van der Waals surface area (Å²) in [5.74, 6) is 0.220. The quantitative estimate of drug-likeness (QED) is 0.867. The molecule has 1 unspecified atom stereocenters. The van der Waals surface area contributed by atoms with E-state index in [0.717, 1.165) is 42.1 Å². The van der Waals surface area contributed by atoms with Crippen molar-refractivity contribution in [1.82, 2.24) is 14.9 Å². The molecule has 0 radical (unpaired) electrons. The fourth-order valence-corrected chi connectivity index (χ4v) is 3.85. The van der Waals surface area contributed by atoms with Crippen LogP contribution in [0.25, 0.3) is 10.6 Å². The first-order valence-electron chi connectivity index (χ1n) is 7.92. The zero-order valence-corrected chi connectivity index (χ0v) is 13.7. The summed E-state index contributed by atoms with van der Waals surface area (Å²) in [5, 5.41) is 2.95. The van der Waals surface area contributed by atoms with E-state index in [1.165, 1.54) is 6.42 Å². The van der Waals surface area contributed by atoms with Crippen molar-refractivity contribution in [3.05, 3.63) is 35.6 Å². The lowest BCUT2D eigenvalue weighted by atomic mass is 9.99. The van der Waals surface area contributed by atoms with Gasteiger partial charge in [0.1, 0.15) is 5.01 Å². The zero-order valence-electron chi connectivity index (χ0n) is 12.9. The van der Waals surface area contributed by atoms with Crippen molar-refractivity contribution in [2.24, 2.45) is 0 Å². The van der Waals surface area contributed by atoms with E-state index in [0.29, 0.717) is 12.5 Å². The Morgan fingerprint density at radius 3 is 2.95 bits per heavy atom. The largest absolute Gasteiger partial charge is 0.339 e. The molecule has 2 aromatic rings. The molecule has 0 aromatic carbocycles. The second-order valence-electron chi connectivity index (χ2n) is 5.70. The molecule has 0 spiro atoms. The highest BCUT2D eigenvalue weighted by molar-refractivity contribution is 7.13. The Kier molecular flexibility index (Phi) is 4.83. The van der Waals surface area contributed by atoms with Crippen LogP contribution in [0.5, 0.6) is 0 Å². The van der Waals surface area contributed by atoms with Gasteiger partial charge in [-0.1, -0.05) is 6.92 Å². The van der Waals surface area contributed by atoms with Gasteiger partial charge in [-0.3, -0.25) is 9.78 Å². The molecule has 0 bridgehead atoms. The van der Waals surface area contributed by atoms with Gasteiger partial charge < -0.3 is 4.90 Å². The van der Waals surface area contributed by atoms with Crippen LogP contribution in [0.15, 0.2) is 29.9 Å². The summed E-state index contributed by atoms with van der Waals surface area (Å²) < 4.78 is 0. The standard InChI is InChI=1S/C17H21N3OS/c1-2-15-5-3-4-10-20(15)16(21)11-14-12-22-17(19-14)13-6-8-18-9-7-13/h6-9,12,15H,2-5,10-11H2,1H3. The number of hydrogen-bond acceptors (Lipinski definition) is 4. The van der Waals surface area contributed by atoms with Gasteiger partial charge in [-0.2, -0.15) is 0 Å². The highest BCUT2D eigenvalue weighted by Gasteiger charge is 2.25. The maximum absolute atomic E-state index is 12.6. The van der Waals surface area contributed by atoms with Gasteiger partial charge >= 0.3 is 0 Å². The van der Waals surface area contributed by atoms with Crippen molar-refractivity contribution in [2.75, 3.05) is 6.54 Å². The van der Waals surface area contributed by atoms with E-state index in [2.05, 4.69) is 21.8 Å². The average molecular weight is 315 g/mol. The Morgan fingerprint density at radius 2 is 2.18 bits per heavy atom. The minimum Gasteiger partial charge on any atom is -0.339 e. The Morgan fingerprint density at radius 1 is 1.36 bits per heavy atom. The molecule has 1 fully saturated rings. The lowest BCUT2D eigenvalue weighted by Gasteiger charge is -2.35. The number of thiazole rings is 1. The molecule has 5 heteroatoms. The number of piperidine rings is 1. The van der Waals surface area contributed by atoms with Crippen LogP contribution in [-0.4, -0.2) is 33.4 Å². The summed E-state index contributed by atoms with van der Waals surface area (Å²) in [7, 11) is 0. The number of nitrogens with zero attached hydrogens (tertiary/aromatic N) is 3. The van der Waals surface area contributed by atoms with E-state index >= 15 is 0 Å². The smallest absolute Gasteiger partial charge is 0.228 e. The number of carbonyl (C=O) groups is 1. The predicted molar refractivity (Wildman–Crippen MR) is 88.7 cm³/mol. The summed E-state index contributed by atoms with van der Waals surface area (Å²) in [6.07, 6.45) is 8.50. The third kappa shape index (κ3) is 3.35. The molecule has 1 amide bonds. The van der Waals surface area contributed by atoms with Crippen molar-refractivity contribution in [1.29, 1.82) is 0 Å². The number of likely N-dealkylation sites (tertiary alicyclic amines) is 1. The van der Waals surface area contributed by atoms with E-state index in [-0.39, 0.29) is 5.91 Å². The SMILES string of the molecule is CCC1CCCCN1C(=O)Cc1csc(-c2ccncc2)n1. The number of pyridine rings is 1. The molecule has 116 valence electrons. The number of amides is 1. The van der Waals surface area contributed by atoms with Crippen molar-refractivity contribution < 1.29 is 4.79 Å². The maximum atomic E-state index is 12.6. The van der Waals surface area contributed by atoms with Crippen LogP contribution in [-0.2, 0) is 11.2 Å². The third-order valence-electron chi connectivity index (χ3n) is 4.23. The molecular weight excluding hydrogens is 294 g/mol. The van der Waals surface area contributed by atoms with Crippen LogP contribution < -0.4 is 0 Å². The molecule has 1 aliphatic heterocycles. The molecule has 22 heavy (non-hydrogen) atoms. The normalized spacial score (nSPS) is 18.4. The molecule has 0 saturated carbocycles. The minimum atomic E-state index is 0.220. The Labute approximate surface area is 135 Å². The summed E-state index contributed by atoms with van der Waals surface area (Å²) in [5.41, 5.74) is 1.94. The summed E-state index contributed by atoms with van der Waals surface area (Å²) in [4.78, 5) is 23.3. The molecule has 0 aliphatic carbocycles. The monoisotopic (exact) mass is 315 g/mol. The van der Waals surface area contributed by atoms with Crippen molar-refractivity contribution in [2.45, 2.75) is 45.1 Å². The van der Waals surface area contributed by atoms with Crippen LogP contribution in [0.3, 0.4) is 0 Å². The number of rotatable bonds is 4. The first kappa shape index (κ1) is 15.2. The van der Waals surface area contributed by atoms with E-state index in [1.54, 1.807) is 23.7 Å². The van der Waals surface area contributed by atoms with E-state index in [4.69, 9.17) is 0 Å². The zero-order chi connectivity index (χ0) is 15.4. The highest BCUT2D eigenvalue weighted by Crippen LogP contribution is 2.24. The van der Waals surface area contributed by atoms with Gasteiger partial charge in [-0.25, -0.2) is 4.98 Å². The van der Waals surface area contributed by atoms with Gasteiger partial charge in [0.15, 0.2) is 0 Å². The molecule has 1 saturated heterocycles. The van der Waals surface area contributed by atoms with Crippen LogP contribution in [0.4, 0.5) is 0 Å². The molecule has 3 heterocycles. The number of hydrogen-bond donors (Lipinski definition) is 0. The van der Waals surface area contributed by atoms with E-state index in [1.807, 2.05) is 17.5 Å². The van der Waals surface area contributed by atoms with Crippen LogP contribution in [0, 0.1) is 0 Å². The number of aromatic nitrogens is 2. The van der Waals surface area contributed by atoms with Gasteiger partial charge in [-0.05, 0) is 37.8 Å². The van der Waals surface area contributed by atoms with Crippen LogP contribution >= 0.6 is 11.3 Å². The van der Waals surface area contributed by atoms with Gasteiger partial charge in [0, 0.05) is 35.9 Å². The summed E-state index contributed by atoms with van der Waals surface area (Å²) >= 11 is 1.59. The fourth-order valence-electron chi connectivity index (χ4n) is 3.03. The molecule has 1 atom stereocenters. The predicted octanol–water partition coefficient (Wildman–Crippen LogP) is 3.54. The average Bonchev–Trinajstić information content (AvgIpc) is 3.04. The molecular formula is C17H21N3OS. The van der Waals surface area contributed by atoms with Gasteiger partial charge in [-0.15, -0.1) is 11.3 Å². The highest BCUT2D eigenvalue weighted by atomic mass is 32.1. The molecule has 0 N–H and O–H groups in total. The summed E-state index contributed by atoms with van der Waals surface area (Å²) in [6.45, 7) is 3.07. The van der Waals surface area contributed by atoms with Crippen molar-refractivity contribution in [3.63, 3.8) is 0 Å². The first-order chi connectivity index (χ1) is 10.8. The molecule has 2 aromatic heterocycles. The molecule has 3 rings (SSSR count). The lowest BCUT2D eigenvalue weighted by Crippen LogP contribution is -2.44. The Hall–Kier alpha value is -1.75. The minimum absolute atomic E-state index is 0.220. The van der Waals surface area contributed by atoms with Crippen LogP contribution in [0.2, 0.25) is 0 Å². The van der Waals surface area contributed by atoms with E-state index in [9.17, 15) is 4.79 Å². The Bertz CT molecular complexity index is 626. The first-order valence-corrected chi connectivity index (χ1v) is 8.80. The van der Waals surface area contributed by atoms with E-state index < -0.39 is 0 Å². The maximum Gasteiger partial charge on any atom is 0.228 e. The summed E-state index contributed by atoms with van der Waals surface area (Å²) in [6, 6.07) is 4.31. The molecule has 4 nitrogen and oxygen atoms in total. The van der Waals surface area contributed by atoms with Crippen molar-refractivity contribution >= 4 is 17.2 Å². The van der Waals surface area contributed by atoms with Crippen molar-refractivity contribution in [3.8, 4) is 10.6 Å². The topological polar surface area (TPSA) is 46.1 Å².